The number of rotatable bonds is 9. The van der Waals surface area contributed by atoms with Crippen LogP contribution in [0, 0.1) is 11.3 Å². The molecule has 2 aromatic heterocycles. The van der Waals surface area contributed by atoms with Crippen molar-refractivity contribution in [2.24, 2.45) is 0 Å². The van der Waals surface area contributed by atoms with Crippen LogP contribution >= 0.6 is 23.5 Å². The van der Waals surface area contributed by atoms with Gasteiger partial charge in [0.15, 0.2) is 11.0 Å². The van der Waals surface area contributed by atoms with E-state index in [1.807, 2.05) is 71.3 Å². The Morgan fingerprint density at radius 1 is 1.00 bits per heavy atom. The fourth-order valence-electron chi connectivity index (χ4n) is 3.13. The highest BCUT2D eigenvalue weighted by Crippen LogP contribution is 2.28. The molecule has 4 rings (SSSR count). The summed E-state index contributed by atoms with van der Waals surface area (Å²) in [6.07, 6.45) is 3.47. The van der Waals surface area contributed by atoms with Crippen LogP contribution in [0.15, 0.2) is 89.2 Å². The summed E-state index contributed by atoms with van der Waals surface area (Å²) in [6.45, 7) is 0.579. The summed E-state index contributed by atoms with van der Waals surface area (Å²) < 4.78 is 2.00. The number of carbonyl (C=O) groups excluding carboxylic acids is 1. The van der Waals surface area contributed by atoms with Crippen LogP contribution in [0.2, 0.25) is 0 Å². The van der Waals surface area contributed by atoms with E-state index in [1.54, 1.807) is 12.4 Å². The molecule has 0 saturated carbocycles. The van der Waals surface area contributed by atoms with Crippen LogP contribution in [0.1, 0.15) is 5.56 Å². The van der Waals surface area contributed by atoms with Crippen molar-refractivity contribution in [2.45, 2.75) is 16.6 Å². The largest absolute Gasteiger partial charge is 0.324 e. The molecule has 0 bridgehead atoms. The minimum absolute atomic E-state index is 0.151. The number of nitrogens with one attached hydrogen (secondary N) is 1. The fourth-order valence-corrected chi connectivity index (χ4v) is 4.54. The Hall–Kier alpha value is -3.61. The minimum Gasteiger partial charge on any atom is -0.324 e. The molecule has 164 valence electrons. The number of hydrogen-bond donors (Lipinski definition) is 1. The summed E-state index contributed by atoms with van der Waals surface area (Å²) in [5.74, 6) is 1.05. The number of aromatic nitrogens is 4. The van der Waals surface area contributed by atoms with Crippen molar-refractivity contribution in [3.63, 3.8) is 0 Å². The monoisotopic (exact) mass is 472 g/mol. The molecule has 0 spiro atoms. The van der Waals surface area contributed by atoms with E-state index in [0.29, 0.717) is 29.0 Å². The van der Waals surface area contributed by atoms with Crippen molar-refractivity contribution < 1.29 is 4.79 Å². The molecule has 0 aliphatic rings. The minimum atomic E-state index is -0.151. The normalized spacial score (nSPS) is 10.5. The summed E-state index contributed by atoms with van der Waals surface area (Å²) >= 11 is 2.72. The van der Waals surface area contributed by atoms with Crippen molar-refractivity contribution in [3.05, 3.63) is 84.7 Å². The van der Waals surface area contributed by atoms with Crippen LogP contribution in [0.25, 0.3) is 11.4 Å². The van der Waals surface area contributed by atoms with E-state index in [1.165, 1.54) is 23.5 Å². The lowest BCUT2D eigenvalue weighted by Crippen LogP contribution is -2.15. The third-order valence-electron chi connectivity index (χ3n) is 4.61. The highest BCUT2D eigenvalue weighted by molar-refractivity contribution is 8.00. The van der Waals surface area contributed by atoms with Gasteiger partial charge in [-0.25, -0.2) is 0 Å². The number of anilines is 1. The maximum Gasteiger partial charge on any atom is 0.234 e. The zero-order valence-corrected chi connectivity index (χ0v) is 19.2. The lowest BCUT2D eigenvalue weighted by molar-refractivity contribution is -0.113. The lowest BCUT2D eigenvalue weighted by Gasteiger charge is -2.11. The van der Waals surface area contributed by atoms with Crippen LogP contribution in [-0.4, -0.2) is 37.2 Å². The molecule has 2 heterocycles. The van der Waals surface area contributed by atoms with Gasteiger partial charge in [-0.05, 0) is 29.8 Å². The Kier molecular flexibility index (Phi) is 7.74. The number of nitrogens with zero attached hydrogens (tertiary/aromatic N) is 5. The molecule has 0 unspecified atom stereocenters. The smallest absolute Gasteiger partial charge is 0.234 e. The first-order valence-electron chi connectivity index (χ1n) is 10.1. The Balaban J connectivity index is 1.51. The number of benzene rings is 2. The standard InChI is InChI=1S/C24H20N6OS2/c25-12-14-32-21-11-5-4-10-20(21)27-22(31)17-33-24-29-28-23(19-9-6-13-26-15-19)30(24)16-18-7-2-1-3-8-18/h1-11,13,15H,14,16-17H2,(H,27,31). The number of thioether (sulfide) groups is 2. The molecule has 2 aromatic carbocycles. The predicted octanol–water partition coefficient (Wildman–Crippen LogP) is 4.73. The maximum absolute atomic E-state index is 12.7. The van der Waals surface area contributed by atoms with Crippen LogP contribution in [0.3, 0.4) is 0 Å². The summed E-state index contributed by atoms with van der Waals surface area (Å²) in [7, 11) is 0. The van der Waals surface area contributed by atoms with Gasteiger partial charge in [-0.2, -0.15) is 5.26 Å². The molecular weight excluding hydrogens is 452 g/mol. The summed E-state index contributed by atoms with van der Waals surface area (Å²) in [5, 5.41) is 21.2. The number of hydrogen-bond acceptors (Lipinski definition) is 7. The second kappa shape index (κ2) is 11.3. The number of amides is 1. The van der Waals surface area contributed by atoms with E-state index < -0.39 is 0 Å². The van der Waals surface area contributed by atoms with Gasteiger partial charge in [0.25, 0.3) is 0 Å². The van der Waals surface area contributed by atoms with Crippen LogP contribution < -0.4 is 5.32 Å². The number of nitriles is 1. The van der Waals surface area contributed by atoms with Gasteiger partial charge in [-0.15, -0.1) is 22.0 Å². The van der Waals surface area contributed by atoms with Crippen molar-refractivity contribution >= 4 is 35.1 Å². The molecule has 0 aliphatic heterocycles. The van der Waals surface area contributed by atoms with E-state index in [-0.39, 0.29) is 11.7 Å². The van der Waals surface area contributed by atoms with Crippen LogP contribution in [0.5, 0.6) is 0 Å². The van der Waals surface area contributed by atoms with Crippen molar-refractivity contribution in [1.29, 1.82) is 5.26 Å². The zero-order chi connectivity index (χ0) is 22.9. The third kappa shape index (κ3) is 6.00. The number of carbonyl (C=O) groups is 1. The first-order chi connectivity index (χ1) is 16.2. The third-order valence-corrected chi connectivity index (χ3v) is 6.51. The van der Waals surface area contributed by atoms with Gasteiger partial charge in [0.1, 0.15) is 0 Å². The molecule has 1 N–H and O–H groups in total. The van der Waals surface area contributed by atoms with Gasteiger partial charge in [0.05, 0.1) is 29.8 Å². The highest BCUT2D eigenvalue weighted by atomic mass is 32.2. The molecule has 7 nitrogen and oxygen atoms in total. The average Bonchev–Trinajstić information content (AvgIpc) is 3.25. The molecular formula is C24H20N6OS2. The van der Waals surface area contributed by atoms with E-state index in [2.05, 4.69) is 26.6 Å². The maximum atomic E-state index is 12.7. The Labute approximate surface area is 200 Å². The Morgan fingerprint density at radius 3 is 2.61 bits per heavy atom. The highest BCUT2D eigenvalue weighted by Gasteiger charge is 2.17. The van der Waals surface area contributed by atoms with E-state index in [9.17, 15) is 4.79 Å². The van der Waals surface area contributed by atoms with Crippen molar-refractivity contribution in [3.8, 4) is 17.5 Å². The summed E-state index contributed by atoms with van der Waals surface area (Å²) in [5.41, 5.74) is 2.67. The molecule has 0 saturated heterocycles. The van der Waals surface area contributed by atoms with E-state index >= 15 is 0 Å². The molecule has 0 fully saturated rings. The SMILES string of the molecule is N#CCSc1ccccc1NC(=O)CSc1nnc(-c2cccnc2)n1Cc1ccccc1. The molecule has 0 atom stereocenters. The molecule has 1 amide bonds. The van der Waals surface area contributed by atoms with Crippen LogP contribution in [-0.2, 0) is 11.3 Å². The van der Waals surface area contributed by atoms with Gasteiger partial charge < -0.3 is 5.32 Å². The number of para-hydroxylation sites is 1. The quantitative estimate of drug-likeness (QED) is 0.352. The second-order valence-corrected chi connectivity index (χ2v) is 8.86. The predicted molar refractivity (Wildman–Crippen MR) is 131 cm³/mol. The summed E-state index contributed by atoms with van der Waals surface area (Å²) in [6, 6.07) is 23.4. The van der Waals surface area contributed by atoms with Gasteiger partial charge in [0.2, 0.25) is 5.91 Å². The Bertz CT molecular complexity index is 1250. The zero-order valence-electron chi connectivity index (χ0n) is 17.6. The first kappa shape index (κ1) is 22.6. The molecule has 0 radical (unpaired) electrons. The first-order valence-corrected chi connectivity index (χ1v) is 12.1. The summed E-state index contributed by atoms with van der Waals surface area (Å²) in [4.78, 5) is 17.7. The molecule has 9 heteroatoms. The molecule has 33 heavy (non-hydrogen) atoms. The topological polar surface area (TPSA) is 96.5 Å². The van der Waals surface area contributed by atoms with Crippen molar-refractivity contribution in [1.82, 2.24) is 19.7 Å². The van der Waals surface area contributed by atoms with E-state index in [0.717, 1.165) is 16.0 Å². The average molecular weight is 473 g/mol. The second-order valence-electron chi connectivity index (χ2n) is 6.90. The molecule has 0 aliphatic carbocycles. The van der Waals surface area contributed by atoms with E-state index in [4.69, 9.17) is 5.26 Å². The Morgan fingerprint density at radius 2 is 1.82 bits per heavy atom. The fraction of sp³-hybridized carbons (Fsp3) is 0.125. The molecule has 4 aromatic rings. The number of pyridine rings is 1. The van der Waals surface area contributed by atoms with Gasteiger partial charge in [0, 0.05) is 22.9 Å². The lowest BCUT2D eigenvalue weighted by atomic mass is 10.2. The van der Waals surface area contributed by atoms with Gasteiger partial charge in [-0.3, -0.25) is 14.3 Å². The van der Waals surface area contributed by atoms with Crippen LogP contribution in [0.4, 0.5) is 5.69 Å². The van der Waals surface area contributed by atoms with Gasteiger partial charge >= 0.3 is 0 Å². The van der Waals surface area contributed by atoms with Crippen molar-refractivity contribution in [2.75, 3.05) is 16.8 Å². The van der Waals surface area contributed by atoms with Gasteiger partial charge in [-0.1, -0.05) is 54.2 Å².